The molecule has 2 N–H and O–H groups in total. The summed E-state index contributed by atoms with van der Waals surface area (Å²) in [5, 5.41) is 3.61. The van der Waals surface area contributed by atoms with Crippen molar-refractivity contribution in [3.05, 3.63) is 60.4 Å². The third kappa shape index (κ3) is 4.31. The Balaban J connectivity index is 1.98. The maximum atomic E-state index is 12.0. The quantitative estimate of drug-likeness (QED) is 0.382. The van der Waals surface area contributed by atoms with E-state index < -0.39 is 12.1 Å². The molecule has 0 spiro atoms. The van der Waals surface area contributed by atoms with E-state index in [1.165, 1.54) is 0 Å². The second kappa shape index (κ2) is 7.78. The van der Waals surface area contributed by atoms with Crippen LogP contribution in [0.4, 0.5) is 0 Å². The number of carbonyl (C=O) groups is 1. The molecule has 0 unspecified atom stereocenters. The lowest BCUT2D eigenvalue weighted by atomic mass is 10.2. The summed E-state index contributed by atoms with van der Waals surface area (Å²) in [7, 11) is 0. The molecule has 0 saturated carbocycles. The zero-order valence-electron chi connectivity index (χ0n) is 12.2. The molecule has 0 amide bonds. The third-order valence-electron chi connectivity index (χ3n) is 2.82. The first kappa shape index (κ1) is 15.5. The average molecular weight is 299 g/mol. The molecule has 6 nitrogen and oxygen atoms in total. The highest BCUT2D eigenvalue weighted by atomic mass is 16.7. The monoisotopic (exact) mass is 299 g/mol. The molecule has 1 aromatic heterocycles. The van der Waals surface area contributed by atoms with Gasteiger partial charge in [0, 0.05) is 6.20 Å². The second-order valence-corrected chi connectivity index (χ2v) is 4.43. The molecule has 1 atom stereocenters. The highest BCUT2D eigenvalue weighted by Gasteiger charge is 2.20. The van der Waals surface area contributed by atoms with Crippen molar-refractivity contribution in [1.29, 1.82) is 0 Å². The Morgan fingerprint density at radius 1 is 1.23 bits per heavy atom. The van der Waals surface area contributed by atoms with Crippen LogP contribution in [0, 0.1) is 0 Å². The largest absolute Gasteiger partial charge is 0.479 e. The standard InChI is InChI=1S/C16H17N3O3/c1-2-14(21-12-8-4-3-5-9-12)16(20)22-19-15(17)13-10-6-7-11-18-13/h3-11,14H,2H2,1H3,(H2,17,19)/t14-/m1/s1. The Bertz CT molecular complexity index is 630. The van der Waals surface area contributed by atoms with Crippen LogP contribution in [0.5, 0.6) is 5.75 Å². The highest BCUT2D eigenvalue weighted by molar-refractivity contribution is 5.95. The minimum Gasteiger partial charge on any atom is -0.479 e. The van der Waals surface area contributed by atoms with Gasteiger partial charge in [0.05, 0.1) is 0 Å². The van der Waals surface area contributed by atoms with E-state index in [2.05, 4.69) is 10.1 Å². The van der Waals surface area contributed by atoms with Crippen molar-refractivity contribution in [2.24, 2.45) is 10.9 Å². The number of amidine groups is 1. The van der Waals surface area contributed by atoms with Crippen molar-refractivity contribution < 1.29 is 14.4 Å². The summed E-state index contributed by atoms with van der Waals surface area (Å²) < 4.78 is 5.56. The number of benzene rings is 1. The van der Waals surface area contributed by atoms with Gasteiger partial charge in [0.1, 0.15) is 11.4 Å². The number of carbonyl (C=O) groups excluding carboxylic acids is 1. The molecule has 6 heteroatoms. The molecule has 0 bridgehead atoms. The molecule has 1 heterocycles. The topological polar surface area (TPSA) is 86.8 Å². The Hall–Kier alpha value is -2.89. The fourth-order valence-electron chi connectivity index (χ4n) is 1.68. The molecule has 0 radical (unpaired) electrons. The van der Waals surface area contributed by atoms with Crippen molar-refractivity contribution in [1.82, 2.24) is 4.98 Å². The van der Waals surface area contributed by atoms with E-state index in [1.807, 2.05) is 25.1 Å². The van der Waals surface area contributed by atoms with Crippen LogP contribution in [0.1, 0.15) is 19.0 Å². The first-order valence-corrected chi connectivity index (χ1v) is 6.88. The van der Waals surface area contributed by atoms with Crippen LogP contribution in [0.15, 0.2) is 59.9 Å². The molecular weight excluding hydrogens is 282 g/mol. The number of hydrogen-bond donors (Lipinski definition) is 1. The van der Waals surface area contributed by atoms with Crippen LogP contribution in [0.25, 0.3) is 0 Å². The second-order valence-electron chi connectivity index (χ2n) is 4.43. The number of rotatable bonds is 6. The number of oxime groups is 1. The summed E-state index contributed by atoms with van der Waals surface area (Å²) in [5.41, 5.74) is 6.14. The van der Waals surface area contributed by atoms with Gasteiger partial charge in [-0.25, -0.2) is 4.79 Å². The first-order chi connectivity index (χ1) is 10.7. The van der Waals surface area contributed by atoms with Crippen molar-refractivity contribution in [3.8, 4) is 5.75 Å². The van der Waals surface area contributed by atoms with Crippen LogP contribution in [-0.4, -0.2) is 22.9 Å². The van der Waals surface area contributed by atoms with E-state index in [9.17, 15) is 4.79 Å². The summed E-state index contributed by atoms with van der Waals surface area (Å²) in [4.78, 5) is 20.8. The van der Waals surface area contributed by atoms with Crippen molar-refractivity contribution in [2.45, 2.75) is 19.4 Å². The number of aromatic nitrogens is 1. The smallest absolute Gasteiger partial charge is 0.375 e. The van der Waals surface area contributed by atoms with Crippen LogP contribution in [-0.2, 0) is 9.63 Å². The zero-order valence-corrected chi connectivity index (χ0v) is 12.2. The van der Waals surface area contributed by atoms with Gasteiger partial charge in [0.2, 0.25) is 0 Å². The van der Waals surface area contributed by atoms with E-state index in [-0.39, 0.29) is 5.84 Å². The lowest BCUT2D eigenvalue weighted by Gasteiger charge is -2.14. The number of para-hydroxylation sites is 1. The van der Waals surface area contributed by atoms with E-state index in [1.54, 1.807) is 36.5 Å². The number of hydrogen-bond acceptors (Lipinski definition) is 5. The first-order valence-electron chi connectivity index (χ1n) is 6.88. The van der Waals surface area contributed by atoms with Crippen LogP contribution >= 0.6 is 0 Å². The van der Waals surface area contributed by atoms with Crippen LogP contribution in [0.3, 0.4) is 0 Å². The Morgan fingerprint density at radius 2 is 1.95 bits per heavy atom. The number of ether oxygens (including phenoxy) is 1. The van der Waals surface area contributed by atoms with Gasteiger partial charge in [0.15, 0.2) is 11.9 Å². The summed E-state index contributed by atoms with van der Waals surface area (Å²) in [6, 6.07) is 14.2. The molecule has 0 fully saturated rings. The molecule has 2 rings (SSSR count). The van der Waals surface area contributed by atoms with Gasteiger partial charge in [-0.1, -0.05) is 36.3 Å². The summed E-state index contributed by atoms with van der Waals surface area (Å²) in [6.45, 7) is 1.82. The van der Waals surface area contributed by atoms with E-state index in [4.69, 9.17) is 15.3 Å². The minimum absolute atomic E-state index is 0.0310. The molecule has 0 aliphatic rings. The minimum atomic E-state index is -0.748. The van der Waals surface area contributed by atoms with Gasteiger partial charge in [-0.15, -0.1) is 0 Å². The van der Waals surface area contributed by atoms with Gasteiger partial charge in [0.25, 0.3) is 0 Å². The number of pyridine rings is 1. The number of nitrogens with zero attached hydrogens (tertiary/aromatic N) is 2. The number of nitrogens with two attached hydrogens (primary N) is 1. The van der Waals surface area contributed by atoms with E-state index >= 15 is 0 Å². The highest BCUT2D eigenvalue weighted by Crippen LogP contribution is 2.13. The molecule has 114 valence electrons. The molecule has 2 aromatic rings. The van der Waals surface area contributed by atoms with Gasteiger partial charge in [-0.3, -0.25) is 4.98 Å². The van der Waals surface area contributed by atoms with Gasteiger partial charge in [-0.2, -0.15) is 0 Å². The molecule has 1 aromatic carbocycles. The summed E-state index contributed by atoms with van der Waals surface area (Å²) >= 11 is 0. The fraction of sp³-hybridized carbons (Fsp3) is 0.188. The van der Waals surface area contributed by atoms with E-state index in [0.29, 0.717) is 17.9 Å². The molecule has 22 heavy (non-hydrogen) atoms. The van der Waals surface area contributed by atoms with Gasteiger partial charge < -0.3 is 15.3 Å². The molecule has 0 saturated heterocycles. The predicted molar refractivity (Wildman–Crippen MR) is 82.2 cm³/mol. The lowest BCUT2D eigenvalue weighted by molar-refractivity contribution is -0.152. The Kier molecular flexibility index (Phi) is 5.48. The summed E-state index contributed by atoms with van der Waals surface area (Å²) in [5.74, 6) is 0.0155. The maximum Gasteiger partial charge on any atom is 0.375 e. The normalized spacial score (nSPS) is 12.5. The van der Waals surface area contributed by atoms with Gasteiger partial charge >= 0.3 is 5.97 Å². The molecule has 0 aliphatic heterocycles. The molecule has 0 aliphatic carbocycles. The Labute approximate surface area is 128 Å². The van der Waals surface area contributed by atoms with Crippen molar-refractivity contribution in [3.63, 3.8) is 0 Å². The van der Waals surface area contributed by atoms with Gasteiger partial charge in [-0.05, 0) is 30.7 Å². The molecular formula is C16H17N3O3. The van der Waals surface area contributed by atoms with Crippen molar-refractivity contribution >= 4 is 11.8 Å². The van der Waals surface area contributed by atoms with Crippen LogP contribution < -0.4 is 10.5 Å². The van der Waals surface area contributed by atoms with E-state index in [0.717, 1.165) is 0 Å². The van der Waals surface area contributed by atoms with Crippen molar-refractivity contribution in [2.75, 3.05) is 0 Å². The maximum absolute atomic E-state index is 12.0. The SMILES string of the molecule is CC[C@@H](Oc1ccccc1)C(=O)O/N=C(/N)c1ccccn1. The predicted octanol–water partition coefficient (Wildman–Crippen LogP) is 2.10. The summed E-state index contributed by atoms with van der Waals surface area (Å²) in [6.07, 6.45) is 1.28. The lowest BCUT2D eigenvalue weighted by Crippen LogP contribution is -2.28. The average Bonchev–Trinajstić information content (AvgIpc) is 2.59. The zero-order chi connectivity index (χ0) is 15.8. The van der Waals surface area contributed by atoms with Crippen LogP contribution in [0.2, 0.25) is 0 Å². The fourth-order valence-corrected chi connectivity index (χ4v) is 1.68. The third-order valence-corrected chi connectivity index (χ3v) is 2.82. The Morgan fingerprint density at radius 3 is 2.59 bits per heavy atom.